The van der Waals surface area contributed by atoms with E-state index in [4.69, 9.17) is 16.3 Å². The van der Waals surface area contributed by atoms with Gasteiger partial charge in [-0.15, -0.1) is 11.6 Å². The first-order valence-electron chi connectivity index (χ1n) is 6.54. The molecule has 2 nitrogen and oxygen atoms in total. The van der Waals surface area contributed by atoms with E-state index in [1.165, 1.54) is 0 Å². The molecule has 0 rings (SSSR count). The van der Waals surface area contributed by atoms with Gasteiger partial charge < -0.3 is 10.1 Å². The fraction of sp³-hybridized carbons (Fsp3) is 1.00. The zero-order valence-electron chi connectivity index (χ0n) is 11.3. The van der Waals surface area contributed by atoms with Crippen LogP contribution >= 0.6 is 11.6 Å². The Morgan fingerprint density at radius 3 is 2.31 bits per heavy atom. The molecule has 0 fully saturated rings. The van der Waals surface area contributed by atoms with Gasteiger partial charge in [0.15, 0.2) is 0 Å². The lowest BCUT2D eigenvalue weighted by atomic mass is 9.99. The van der Waals surface area contributed by atoms with E-state index < -0.39 is 0 Å². The summed E-state index contributed by atoms with van der Waals surface area (Å²) in [6, 6.07) is 0. The first kappa shape index (κ1) is 16.2. The predicted molar refractivity (Wildman–Crippen MR) is 72.2 cm³/mol. The van der Waals surface area contributed by atoms with Crippen LogP contribution in [0.5, 0.6) is 0 Å². The molecule has 0 aliphatic rings. The van der Waals surface area contributed by atoms with E-state index in [1.54, 1.807) is 0 Å². The van der Waals surface area contributed by atoms with Crippen molar-refractivity contribution in [3.8, 4) is 0 Å². The normalized spacial score (nSPS) is 13.7. The fourth-order valence-corrected chi connectivity index (χ4v) is 2.14. The molecule has 0 radical (unpaired) electrons. The molecule has 1 N–H and O–H groups in total. The number of rotatable bonds is 10. The summed E-state index contributed by atoms with van der Waals surface area (Å²) in [5.41, 5.74) is 0. The highest BCUT2D eigenvalue weighted by Gasteiger charge is 2.14. The van der Waals surface area contributed by atoms with Crippen molar-refractivity contribution in [3.63, 3.8) is 0 Å². The van der Waals surface area contributed by atoms with Crippen molar-refractivity contribution in [1.29, 1.82) is 0 Å². The van der Waals surface area contributed by atoms with Crippen LogP contribution < -0.4 is 5.32 Å². The van der Waals surface area contributed by atoms with E-state index in [1.807, 2.05) is 0 Å². The van der Waals surface area contributed by atoms with Crippen molar-refractivity contribution in [3.05, 3.63) is 0 Å². The lowest BCUT2D eigenvalue weighted by Crippen LogP contribution is -2.31. The molecule has 0 saturated heterocycles. The van der Waals surface area contributed by atoms with Gasteiger partial charge in [0, 0.05) is 25.1 Å². The van der Waals surface area contributed by atoms with Crippen molar-refractivity contribution in [2.45, 2.75) is 45.9 Å². The minimum atomic E-state index is 0.250. The second kappa shape index (κ2) is 10.4. The van der Waals surface area contributed by atoms with E-state index in [0.717, 1.165) is 39.1 Å². The number of halogens is 1. The third kappa shape index (κ3) is 8.37. The first-order valence-corrected chi connectivity index (χ1v) is 6.97. The summed E-state index contributed by atoms with van der Waals surface area (Å²) in [7, 11) is 0. The molecule has 1 atom stereocenters. The highest BCUT2D eigenvalue weighted by atomic mass is 35.5. The quantitative estimate of drug-likeness (QED) is 0.474. The summed E-state index contributed by atoms with van der Waals surface area (Å²) >= 11 is 6.31. The Morgan fingerprint density at radius 1 is 1.19 bits per heavy atom. The summed E-state index contributed by atoms with van der Waals surface area (Å²) in [4.78, 5) is 0. The Morgan fingerprint density at radius 2 is 1.81 bits per heavy atom. The smallest absolute Gasteiger partial charge is 0.0591 e. The molecule has 3 heteroatoms. The van der Waals surface area contributed by atoms with Crippen LogP contribution in [0.1, 0.15) is 40.5 Å². The first-order chi connectivity index (χ1) is 7.61. The standard InChI is InChI=1S/C13H28ClNO/c1-5-12(6-2)13(14)9-15-7-8-16-10-11(3)4/h11-13,15H,5-10H2,1-4H3. The summed E-state index contributed by atoms with van der Waals surface area (Å²) in [5, 5.41) is 3.60. The molecule has 0 spiro atoms. The van der Waals surface area contributed by atoms with Crippen LogP contribution in [0.3, 0.4) is 0 Å². The molecule has 0 aromatic carbocycles. The lowest BCUT2D eigenvalue weighted by Gasteiger charge is -2.19. The van der Waals surface area contributed by atoms with Crippen LogP contribution in [0.4, 0.5) is 0 Å². The van der Waals surface area contributed by atoms with Crippen molar-refractivity contribution in [1.82, 2.24) is 5.32 Å². The van der Waals surface area contributed by atoms with Crippen LogP contribution in [0.2, 0.25) is 0 Å². The molecular formula is C13H28ClNO. The number of hydrogen-bond acceptors (Lipinski definition) is 2. The third-order valence-corrected chi connectivity index (χ3v) is 3.28. The molecular weight excluding hydrogens is 222 g/mol. The van der Waals surface area contributed by atoms with Gasteiger partial charge in [0.1, 0.15) is 0 Å². The van der Waals surface area contributed by atoms with Crippen LogP contribution in [0.25, 0.3) is 0 Å². The van der Waals surface area contributed by atoms with Crippen molar-refractivity contribution < 1.29 is 4.74 Å². The average Bonchev–Trinajstić information content (AvgIpc) is 2.24. The molecule has 1 unspecified atom stereocenters. The summed E-state index contributed by atoms with van der Waals surface area (Å²) in [6.45, 7) is 12.1. The number of nitrogens with one attached hydrogen (secondary N) is 1. The van der Waals surface area contributed by atoms with Gasteiger partial charge in [-0.05, 0) is 11.8 Å². The monoisotopic (exact) mass is 249 g/mol. The van der Waals surface area contributed by atoms with Crippen LogP contribution in [-0.2, 0) is 4.74 Å². The van der Waals surface area contributed by atoms with Gasteiger partial charge in [-0.1, -0.05) is 40.5 Å². The maximum absolute atomic E-state index is 6.31. The van der Waals surface area contributed by atoms with Crippen molar-refractivity contribution in [2.24, 2.45) is 11.8 Å². The van der Waals surface area contributed by atoms with E-state index in [9.17, 15) is 0 Å². The third-order valence-electron chi connectivity index (χ3n) is 2.77. The van der Waals surface area contributed by atoms with Crippen molar-refractivity contribution in [2.75, 3.05) is 26.3 Å². The Hall–Kier alpha value is 0.210. The van der Waals surface area contributed by atoms with Gasteiger partial charge in [-0.3, -0.25) is 0 Å². The minimum Gasteiger partial charge on any atom is -0.380 e. The molecule has 0 aliphatic carbocycles. The molecule has 0 bridgehead atoms. The zero-order valence-corrected chi connectivity index (χ0v) is 12.0. The highest BCUT2D eigenvalue weighted by Crippen LogP contribution is 2.17. The van der Waals surface area contributed by atoms with E-state index in [-0.39, 0.29) is 5.38 Å². The van der Waals surface area contributed by atoms with Gasteiger partial charge in [0.2, 0.25) is 0 Å². The van der Waals surface area contributed by atoms with Gasteiger partial charge >= 0.3 is 0 Å². The Bertz CT molecular complexity index is 149. The molecule has 0 aromatic rings. The highest BCUT2D eigenvalue weighted by molar-refractivity contribution is 6.21. The van der Waals surface area contributed by atoms with Gasteiger partial charge in [0.05, 0.1) is 6.61 Å². The van der Waals surface area contributed by atoms with E-state index in [2.05, 4.69) is 33.0 Å². The van der Waals surface area contributed by atoms with E-state index in [0.29, 0.717) is 11.8 Å². The second-order valence-electron chi connectivity index (χ2n) is 4.77. The molecule has 0 aliphatic heterocycles. The largest absolute Gasteiger partial charge is 0.380 e. The number of hydrogen-bond donors (Lipinski definition) is 1. The Balaban J connectivity index is 3.36. The molecule has 98 valence electrons. The van der Waals surface area contributed by atoms with E-state index >= 15 is 0 Å². The molecule has 0 amide bonds. The second-order valence-corrected chi connectivity index (χ2v) is 5.33. The topological polar surface area (TPSA) is 21.3 Å². The Labute approximate surface area is 106 Å². The average molecular weight is 250 g/mol. The van der Waals surface area contributed by atoms with Crippen molar-refractivity contribution >= 4 is 11.6 Å². The van der Waals surface area contributed by atoms with Crippen LogP contribution in [0, 0.1) is 11.8 Å². The molecule has 0 heterocycles. The van der Waals surface area contributed by atoms with Gasteiger partial charge in [0.25, 0.3) is 0 Å². The summed E-state index contributed by atoms with van der Waals surface area (Å²) < 4.78 is 5.48. The number of ether oxygens (including phenoxy) is 1. The maximum atomic E-state index is 6.31. The Kier molecular flexibility index (Phi) is 10.5. The van der Waals surface area contributed by atoms with Crippen LogP contribution in [0.15, 0.2) is 0 Å². The zero-order chi connectivity index (χ0) is 12.4. The lowest BCUT2D eigenvalue weighted by molar-refractivity contribution is 0.111. The summed E-state index contributed by atoms with van der Waals surface area (Å²) in [5.74, 6) is 1.25. The number of alkyl halides is 1. The SMILES string of the molecule is CCC(CC)C(Cl)CNCCOCC(C)C. The van der Waals surface area contributed by atoms with Gasteiger partial charge in [-0.25, -0.2) is 0 Å². The molecule has 0 saturated carbocycles. The molecule has 0 aromatic heterocycles. The molecule has 16 heavy (non-hydrogen) atoms. The minimum absolute atomic E-state index is 0.250. The fourth-order valence-electron chi connectivity index (χ4n) is 1.67. The predicted octanol–water partition coefficient (Wildman–Crippen LogP) is 3.29. The van der Waals surface area contributed by atoms with Gasteiger partial charge in [-0.2, -0.15) is 0 Å². The summed E-state index contributed by atoms with van der Waals surface area (Å²) in [6.07, 6.45) is 2.33. The maximum Gasteiger partial charge on any atom is 0.0591 e. The van der Waals surface area contributed by atoms with Crippen LogP contribution in [-0.4, -0.2) is 31.7 Å².